The molecule has 1 saturated heterocycles. The molecular weight excluding hydrogens is 254 g/mol. The molecule has 0 spiro atoms. The van der Waals surface area contributed by atoms with Crippen LogP contribution in [0.5, 0.6) is 0 Å². The fourth-order valence-electron chi connectivity index (χ4n) is 2.23. The standard InChI is InChI=1S/C13H16ClNO3/c1-13(18-7-12(16)17)8-15(9-13)6-10-3-2-4-11(14)5-10/h2-5H,6-9H2,1H3,(H,16,17). The van der Waals surface area contributed by atoms with Crippen LogP contribution in [0.15, 0.2) is 24.3 Å². The maximum Gasteiger partial charge on any atom is 0.329 e. The molecule has 1 fully saturated rings. The Balaban J connectivity index is 1.80. The quantitative estimate of drug-likeness (QED) is 0.888. The van der Waals surface area contributed by atoms with Gasteiger partial charge in [-0.3, -0.25) is 4.90 Å². The number of carboxylic acid groups (broad SMARTS) is 1. The molecule has 0 radical (unpaired) electrons. The van der Waals surface area contributed by atoms with E-state index in [1.165, 1.54) is 0 Å². The van der Waals surface area contributed by atoms with Crippen LogP contribution in [0.2, 0.25) is 5.02 Å². The first-order valence-electron chi connectivity index (χ1n) is 5.79. The molecular formula is C13H16ClNO3. The number of aliphatic carboxylic acids is 1. The highest BCUT2D eigenvalue weighted by molar-refractivity contribution is 6.30. The molecule has 1 aromatic carbocycles. The second-order valence-corrected chi connectivity index (χ2v) is 5.34. The summed E-state index contributed by atoms with van der Waals surface area (Å²) in [5, 5.41) is 9.31. The summed E-state index contributed by atoms with van der Waals surface area (Å²) in [5.41, 5.74) is 0.819. The molecule has 5 heteroatoms. The highest BCUT2D eigenvalue weighted by Crippen LogP contribution is 2.26. The van der Waals surface area contributed by atoms with Gasteiger partial charge >= 0.3 is 5.97 Å². The monoisotopic (exact) mass is 269 g/mol. The van der Waals surface area contributed by atoms with E-state index < -0.39 is 5.97 Å². The Hall–Kier alpha value is -1.10. The van der Waals surface area contributed by atoms with E-state index in [0.29, 0.717) is 0 Å². The normalized spacial score (nSPS) is 18.3. The molecule has 1 heterocycles. The topological polar surface area (TPSA) is 49.8 Å². The van der Waals surface area contributed by atoms with Crippen LogP contribution in [-0.4, -0.2) is 41.3 Å². The number of ether oxygens (including phenoxy) is 1. The predicted octanol–water partition coefficient (Wildman–Crippen LogP) is 2.02. The van der Waals surface area contributed by atoms with E-state index in [9.17, 15) is 4.79 Å². The average Bonchev–Trinajstić information content (AvgIpc) is 2.24. The van der Waals surface area contributed by atoms with Crippen molar-refractivity contribution in [2.24, 2.45) is 0 Å². The summed E-state index contributed by atoms with van der Waals surface area (Å²) in [4.78, 5) is 12.6. The molecule has 0 saturated carbocycles. The largest absolute Gasteiger partial charge is 0.480 e. The van der Waals surface area contributed by atoms with Crippen LogP contribution in [0.1, 0.15) is 12.5 Å². The summed E-state index contributed by atoms with van der Waals surface area (Å²) >= 11 is 5.92. The van der Waals surface area contributed by atoms with Gasteiger partial charge in [0.1, 0.15) is 6.61 Å². The zero-order valence-corrected chi connectivity index (χ0v) is 11.0. The van der Waals surface area contributed by atoms with E-state index in [2.05, 4.69) is 4.90 Å². The lowest BCUT2D eigenvalue weighted by Gasteiger charge is -2.47. The van der Waals surface area contributed by atoms with Gasteiger partial charge in [-0.1, -0.05) is 23.7 Å². The molecule has 0 amide bonds. The Bertz CT molecular complexity index is 444. The van der Waals surface area contributed by atoms with Crippen LogP contribution in [0.25, 0.3) is 0 Å². The number of halogens is 1. The van der Waals surface area contributed by atoms with Crippen molar-refractivity contribution < 1.29 is 14.6 Å². The molecule has 1 aliphatic rings. The number of carboxylic acids is 1. The third kappa shape index (κ3) is 3.45. The van der Waals surface area contributed by atoms with E-state index in [1.807, 2.05) is 31.2 Å². The Labute approximate surface area is 111 Å². The zero-order valence-electron chi connectivity index (χ0n) is 10.2. The summed E-state index contributed by atoms with van der Waals surface area (Å²) in [6.07, 6.45) is 0. The summed E-state index contributed by atoms with van der Waals surface area (Å²) in [5.74, 6) is -0.926. The van der Waals surface area contributed by atoms with Gasteiger partial charge in [-0.15, -0.1) is 0 Å². The maximum atomic E-state index is 10.4. The van der Waals surface area contributed by atoms with Gasteiger partial charge in [0, 0.05) is 24.7 Å². The Kier molecular flexibility index (Phi) is 3.90. The van der Waals surface area contributed by atoms with E-state index in [0.717, 1.165) is 30.2 Å². The molecule has 1 aliphatic heterocycles. The van der Waals surface area contributed by atoms with Crippen LogP contribution in [-0.2, 0) is 16.1 Å². The molecule has 0 aromatic heterocycles. The van der Waals surface area contributed by atoms with Crippen molar-refractivity contribution in [1.82, 2.24) is 4.90 Å². The van der Waals surface area contributed by atoms with Gasteiger partial charge in [-0.25, -0.2) is 4.79 Å². The summed E-state index contributed by atoms with van der Waals surface area (Å²) in [6.45, 7) is 4.00. The van der Waals surface area contributed by atoms with Crippen LogP contribution in [0.4, 0.5) is 0 Å². The minimum absolute atomic E-state index is 0.235. The fourth-order valence-corrected chi connectivity index (χ4v) is 2.45. The molecule has 98 valence electrons. The van der Waals surface area contributed by atoms with Crippen LogP contribution in [0.3, 0.4) is 0 Å². The summed E-state index contributed by atoms with van der Waals surface area (Å²) < 4.78 is 5.35. The molecule has 0 unspecified atom stereocenters. The van der Waals surface area contributed by atoms with Crippen molar-refractivity contribution in [3.8, 4) is 0 Å². The number of benzene rings is 1. The number of rotatable bonds is 5. The first-order chi connectivity index (χ1) is 8.47. The lowest BCUT2D eigenvalue weighted by atomic mass is 9.95. The van der Waals surface area contributed by atoms with Crippen molar-refractivity contribution in [3.05, 3.63) is 34.9 Å². The van der Waals surface area contributed by atoms with E-state index in [-0.39, 0.29) is 12.2 Å². The number of carbonyl (C=O) groups is 1. The molecule has 0 aliphatic carbocycles. The van der Waals surface area contributed by atoms with Gasteiger partial charge < -0.3 is 9.84 Å². The Morgan fingerprint density at radius 2 is 2.28 bits per heavy atom. The van der Waals surface area contributed by atoms with Crippen molar-refractivity contribution in [3.63, 3.8) is 0 Å². The molecule has 4 nitrogen and oxygen atoms in total. The number of hydrogen-bond donors (Lipinski definition) is 1. The lowest BCUT2D eigenvalue weighted by Crippen LogP contribution is -2.61. The van der Waals surface area contributed by atoms with Gasteiger partial charge in [-0.2, -0.15) is 0 Å². The first kappa shape index (κ1) is 13.3. The van der Waals surface area contributed by atoms with Gasteiger partial charge in [0.15, 0.2) is 0 Å². The predicted molar refractivity (Wildman–Crippen MR) is 68.7 cm³/mol. The number of likely N-dealkylation sites (tertiary alicyclic amines) is 1. The highest BCUT2D eigenvalue weighted by Gasteiger charge is 2.39. The number of nitrogens with zero attached hydrogens (tertiary/aromatic N) is 1. The molecule has 1 N–H and O–H groups in total. The SMILES string of the molecule is CC1(OCC(=O)O)CN(Cc2cccc(Cl)c2)C1. The lowest BCUT2D eigenvalue weighted by molar-refractivity contribution is -0.165. The maximum absolute atomic E-state index is 10.4. The van der Waals surface area contributed by atoms with E-state index in [4.69, 9.17) is 21.4 Å². The van der Waals surface area contributed by atoms with Crippen LogP contribution in [0, 0.1) is 0 Å². The molecule has 0 bridgehead atoms. The second-order valence-electron chi connectivity index (χ2n) is 4.91. The van der Waals surface area contributed by atoms with Gasteiger partial charge in [0.05, 0.1) is 5.60 Å². The highest BCUT2D eigenvalue weighted by atomic mass is 35.5. The van der Waals surface area contributed by atoms with Crippen molar-refractivity contribution in [2.75, 3.05) is 19.7 Å². The molecule has 18 heavy (non-hydrogen) atoms. The van der Waals surface area contributed by atoms with Crippen molar-refractivity contribution in [1.29, 1.82) is 0 Å². The molecule has 0 atom stereocenters. The van der Waals surface area contributed by atoms with Gasteiger partial charge in [-0.05, 0) is 24.6 Å². The smallest absolute Gasteiger partial charge is 0.329 e. The Morgan fingerprint density at radius 1 is 1.56 bits per heavy atom. The first-order valence-corrected chi connectivity index (χ1v) is 6.17. The van der Waals surface area contributed by atoms with E-state index >= 15 is 0 Å². The minimum Gasteiger partial charge on any atom is -0.480 e. The van der Waals surface area contributed by atoms with Gasteiger partial charge in [0.2, 0.25) is 0 Å². The molecule has 2 rings (SSSR count). The second kappa shape index (κ2) is 5.26. The van der Waals surface area contributed by atoms with Gasteiger partial charge in [0.25, 0.3) is 0 Å². The Morgan fingerprint density at radius 3 is 2.89 bits per heavy atom. The average molecular weight is 270 g/mol. The third-order valence-electron chi connectivity index (χ3n) is 2.96. The van der Waals surface area contributed by atoms with Crippen molar-refractivity contribution in [2.45, 2.75) is 19.1 Å². The minimum atomic E-state index is -0.926. The van der Waals surface area contributed by atoms with Crippen LogP contribution < -0.4 is 0 Å². The third-order valence-corrected chi connectivity index (χ3v) is 3.19. The molecule has 1 aromatic rings. The van der Waals surface area contributed by atoms with Crippen molar-refractivity contribution >= 4 is 17.6 Å². The van der Waals surface area contributed by atoms with Crippen LogP contribution >= 0.6 is 11.6 Å². The summed E-state index contributed by atoms with van der Waals surface area (Å²) in [7, 11) is 0. The summed E-state index contributed by atoms with van der Waals surface area (Å²) in [6, 6.07) is 7.74. The zero-order chi connectivity index (χ0) is 13.2. The fraction of sp³-hybridized carbons (Fsp3) is 0.462. The number of hydrogen-bond acceptors (Lipinski definition) is 3. The van der Waals surface area contributed by atoms with E-state index in [1.54, 1.807) is 0 Å².